The molecule has 0 unspecified atom stereocenters. The van der Waals surface area contributed by atoms with Gasteiger partial charge in [-0.3, -0.25) is 0 Å². The van der Waals surface area contributed by atoms with E-state index in [1.807, 2.05) is 49.6 Å². The van der Waals surface area contributed by atoms with Gasteiger partial charge in [0.25, 0.3) is 0 Å². The van der Waals surface area contributed by atoms with E-state index in [4.69, 9.17) is 9.72 Å². The second-order valence-corrected chi connectivity index (χ2v) is 8.32. The monoisotopic (exact) mass is 470 g/mol. The van der Waals surface area contributed by atoms with Crippen molar-refractivity contribution in [2.45, 2.75) is 18.6 Å². The van der Waals surface area contributed by atoms with Gasteiger partial charge in [0.05, 0.1) is 35.4 Å². The number of carbonyl (C=O) groups excluding carboxylic acids is 1. The molecule has 0 radical (unpaired) electrons. The number of carbonyl (C=O) groups is 1. The smallest absolute Gasteiger partial charge is 0.340 e. The van der Waals surface area contributed by atoms with E-state index in [0.717, 1.165) is 38.6 Å². The molecule has 5 aromatic rings. The van der Waals surface area contributed by atoms with Crippen molar-refractivity contribution in [1.29, 1.82) is 0 Å². The number of rotatable bonds is 7. The van der Waals surface area contributed by atoms with Gasteiger partial charge in [-0.15, -0.1) is 5.10 Å². The Morgan fingerprint density at radius 2 is 1.85 bits per heavy atom. The van der Waals surface area contributed by atoms with Gasteiger partial charge < -0.3 is 9.30 Å². The molecule has 0 aliphatic rings. The maximum atomic E-state index is 12.6. The molecule has 2 aromatic heterocycles. The van der Waals surface area contributed by atoms with Gasteiger partial charge in [0, 0.05) is 5.56 Å². The first-order valence-corrected chi connectivity index (χ1v) is 12.0. The first-order valence-electron chi connectivity index (χ1n) is 10.8. The van der Waals surface area contributed by atoms with Crippen molar-refractivity contribution in [2.24, 2.45) is 0 Å². The molecule has 170 valence electrons. The summed E-state index contributed by atoms with van der Waals surface area (Å²) in [7, 11) is 0. The average Bonchev–Trinajstić information content (AvgIpc) is 3.53. The maximum absolute atomic E-state index is 12.6. The van der Waals surface area contributed by atoms with Crippen molar-refractivity contribution >= 4 is 28.8 Å². The summed E-state index contributed by atoms with van der Waals surface area (Å²) < 4.78 is 9.02. The minimum atomic E-state index is -0.337. The molecule has 8 nitrogen and oxygen atoms in total. The van der Waals surface area contributed by atoms with Crippen molar-refractivity contribution in [2.75, 3.05) is 12.9 Å². The molecule has 3 aromatic carbocycles. The summed E-state index contributed by atoms with van der Waals surface area (Å²) in [5.74, 6) is -0.337. The number of hydrogen-bond acceptors (Lipinski definition) is 7. The first-order chi connectivity index (χ1) is 16.7. The van der Waals surface area contributed by atoms with Gasteiger partial charge >= 0.3 is 5.97 Å². The van der Waals surface area contributed by atoms with E-state index in [-0.39, 0.29) is 5.97 Å². The quantitative estimate of drug-likeness (QED) is 0.253. The fraction of sp³-hybridized carbons (Fsp3) is 0.160. The molecule has 0 saturated carbocycles. The topological polar surface area (TPSA) is 87.7 Å². The Bertz CT molecular complexity index is 1440. The van der Waals surface area contributed by atoms with E-state index in [9.17, 15) is 4.79 Å². The molecule has 0 aliphatic carbocycles. The standard InChI is InChI=1S/C25H22N6O2S/c1-3-33-24(32)20-8-6-9-21-23(20)30(25(27-21)34-2)15-17-11-13-18(14-12-17)19-7-4-5-10-22(19)31-16-26-28-29-31/h4-14,16H,3,15H2,1-2H3. The summed E-state index contributed by atoms with van der Waals surface area (Å²) in [6, 6.07) is 21.9. The Kier molecular flexibility index (Phi) is 6.09. The van der Waals surface area contributed by atoms with Crippen molar-refractivity contribution in [3.8, 4) is 16.8 Å². The van der Waals surface area contributed by atoms with Crippen LogP contribution in [0.4, 0.5) is 0 Å². The number of imidazole rings is 1. The van der Waals surface area contributed by atoms with Crippen LogP contribution in [0.2, 0.25) is 0 Å². The van der Waals surface area contributed by atoms with Crippen LogP contribution >= 0.6 is 11.8 Å². The fourth-order valence-electron chi connectivity index (χ4n) is 4.00. The molecule has 0 amide bonds. The van der Waals surface area contributed by atoms with E-state index in [1.54, 1.807) is 28.8 Å². The maximum Gasteiger partial charge on any atom is 0.340 e. The highest BCUT2D eigenvalue weighted by Crippen LogP contribution is 2.29. The normalized spacial score (nSPS) is 11.1. The molecule has 0 N–H and O–H groups in total. The lowest BCUT2D eigenvalue weighted by atomic mass is 10.0. The van der Waals surface area contributed by atoms with Crippen LogP contribution in [0, 0.1) is 0 Å². The molecule has 34 heavy (non-hydrogen) atoms. The van der Waals surface area contributed by atoms with Crippen LogP contribution in [0.15, 0.2) is 78.2 Å². The molecule has 2 heterocycles. The van der Waals surface area contributed by atoms with Gasteiger partial charge in [-0.2, -0.15) is 4.68 Å². The lowest BCUT2D eigenvalue weighted by Gasteiger charge is -2.12. The minimum absolute atomic E-state index is 0.326. The average molecular weight is 471 g/mol. The Labute approximate surface area is 200 Å². The second kappa shape index (κ2) is 9.48. The third-order valence-electron chi connectivity index (χ3n) is 5.52. The van der Waals surface area contributed by atoms with E-state index in [2.05, 4.69) is 44.4 Å². The molecule has 0 saturated heterocycles. The van der Waals surface area contributed by atoms with Crippen LogP contribution in [0.1, 0.15) is 22.8 Å². The third-order valence-corrected chi connectivity index (χ3v) is 6.19. The largest absolute Gasteiger partial charge is 0.462 e. The van der Waals surface area contributed by atoms with Crippen LogP contribution < -0.4 is 0 Å². The summed E-state index contributed by atoms with van der Waals surface area (Å²) >= 11 is 1.55. The van der Waals surface area contributed by atoms with Crippen LogP contribution in [-0.4, -0.2) is 48.6 Å². The summed E-state index contributed by atoms with van der Waals surface area (Å²) in [6.07, 6.45) is 3.57. The van der Waals surface area contributed by atoms with Crippen LogP contribution in [0.3, 0.4) is 0 Å². The molecule has 0 spiro atoms. The predicted octanol–water partition coefficient (Wildman–Crippen LogP) is 4.63. The molecule has 5 rings (SSSR count). The summed E-state index contributed by atoms with van der Waals surface area (Å²) in [5.41, 5.74) is 6.19. The number of nitrogens with zero attached hydrogens (tertiary/aromatic N) is 6. The molecular weight excluding hydrogens is 448 g/mol. The number of fused-ring (bicyclic) bond motifs is 1. The van der Waals surface area contributed by atoms with E-state index >= 15 is 0 Å². The highest BCUT2D eigenvalue weighted by molar-refractivity contribution is 7.98. The van der Waals surface area contributed by atoms with E-state index < -0.39 is 0 Å². The molecular formula is C25H22N6O2S. The molecule has 0 bridgehead atoms. The molecule has 0 atom stereocenters. The lowest BCUT2D eigenvalue weighted by molar-refractivity contribution is 0.0528. The molecule has 0 aliphatic heterocycles. The number of para-hydroxylation sites is 2. The minimum Gasteiger partial charge on any atom is -0.462 e. The Morgan fingerprint density at radius 3 is 2.59 bits per heavy atom. The predicted molar refractivity (Wildman–Crippen MR) is 131 cm³/mol. The zero-order valence-corrected chi connectivity index (χ0v) is 19.6. The van der Waals surface area contributed by atoms with Crippen molar-refractivity contribution in [3.63, 3.8) is 0 Å². The number of aromatic nitrogens is 6. The fourth-order valence-corrected chi connectivity index (χ4v) is 4.57. The molecule has 9 heteroatoms. The SMILES string of the molecule is CCOC(=O)c1cccc2nc(SC)n(Cc3ccc(-c4ccccc4-n4cnnn4)cc3)c12. The summed E-state index contributed by atoms with van der Waals surface area (Å²) in [5, 5.41) is 12.4. The van der Waals surface area contributed by atoms with Crippen molar-refractivity contribution in [3.05, 3.63) is 84.2 Å². The van der Waals surface area contributed by atoms with Gasteiger partial charge in [-0.05, 0) is 52.9 Å². The van der Waals surface area contributed by atoms with Gasteiger partial charge in [-0.1, -0.05) is 60.3 Å². The van der Waals surface area contributed by atoms with E-state index in [0.29, 0.717) is 18.7 Å². The first kappa shape index (κ1) is 21.8. The van der Waals surface area contributed by atoms with Crippen LogP contribution in [0.5, 0.6) is 0 Å². The Hall–Kier alpha value is -3.98. The number of ether oxygens (including phenoxy) is 1. The van der Waals surface area contributed by atoms with Gasteiger partial charge in [-0.25, -0.2) is 9.78 Å². The number of hydrogen-bond donors (Lipinski definition) is 0. The zero-order chi connectivity index (χ0) is 23.5. The van der Waals surface area contributed by atoms with E-state index in [1.165, 1.54) is 0 Å². The number of tetrazole rings is 1. The van der Waals surface area contributed by atoms with Crippen LogP contribution in [-0.2, 0) is 11.3 Å². The Morgan fingerprint density at radius 1 is 1.03 bits per heavy atom. The van der Waals surface area contributed by atoms with Crippen LogP contribution in [0.25, 0.3) is 27.8 Å². The summed E-state index contributed by atoms with van der Waals surface area (Å²) in [4.78, 5) is 17.3. The number of esters is 1. The Balaban J connectivity index is 1.51. The van der Waals surface area contributed by atoms with Gasteiger partial charge in [0.2, 0.25) is 0 Å². The van der Waals surface area contributed by atoms with Crippen molar-refractivity contribution in [1.82, 2.24) is 29.8 Å². The summed E-state index contributed by atoms with van der Waals surface area (Å²) in [6.45, 7) is 2.71. The van der Waals surface area contributed by atoms with Gasteiger partial charge in [0.15, 0.2) is 5.16 Å². The lowest BCUT2D eigenvalue weighted by Crippen LogP contribution is -2.09. The number of thioether (sulfide) groups is 1. The second-order valence-electron chi connectivity index (χ2n) is 7.55. The highest BCUT2D eigenvalue weighted by Gasteiger charge is 2.19. The molecule has 0 fully saturated rings. The third kappa shape index (κ3) is 4.06. The highest BCUT2D eigenvalue weighted by atomic mass is 32.2. The zero-order valence-electron chi connectivity index (χ0n) is 18.8. The van der Waals surface area contributed by atoms with Crippen molar-refractivity contribution < 1.29 is 9.53 Å². The van der Waals surface area contributed by atoms with Gasteiger partial charge in [0.1, 0.15) is 6.33 Å². The number of benzene rings is 3.